The molecule has 130 valence electrons. The summed E-state index contributed by atoms with van der Waals surface area (Å²) in [6, 6.07) is 9.19. The van der Waals surface area contributed by atoms with Crippen molar-refractivity contribution in [3.8, 4) is 0 Å². The zero-order chi connectivity index (χ0) is 18.4. The van der Waals surface area contributed by atoms with Gasteiger partial charge in [-0.3, -0.25) is 4.79 Å². The van der Waals surface area contributed by atoms with Crippen LogP contribution in [0.5, 0.6) is 0 Å². The first-order valence-electron chi connectivity index (χ1n) is 7.23. The summed E-state index contributed by atoms with van der Waals surface area (Å²) in [7, 11) is -3.96. The van der Waals surface area contributed by atoms with E-state index in [1.54, 1.807) is 31.3 Å². The van der Waals surface area contributed by atoms with Gasteiger partial charge in [0, 0.05) is 16.2 Å². The molecule has 0 unspecified atom stereocenters. The van der Waals surface area contributed by atoms with E-state index in [9.17, 15) is 13.2 Å². The van der Waals surface area contributed by atoms with Gasteiger partial charge in [0.2, 0.25) is 9.84 Å². The lowest BCUT2D eigenvalue weighted by atomic mass is 10.1. The quantitative estimate of drug-likeness (QED) is 0.721. The molecule has 5 nitrogen and oxygen atoms in total. The minimum Gasteiger partial charge on any atom is -0.481 e. The Balaban J connectivity index is 2.35. The fourth-order valence-corrected chi connectivity index (χ4v) is 5.26. The van der Waals surface area contributed by atoms with Crippen LogP contribution < -0.4 is 0 Å². The predicted molar refractivity (Wildman–Crippen MR) is 95.4 cm³/mol. The van der Waals surface area contributed by atoms with Gasteiger partial charge in [-0.05, 0) is 48.4 Å². The number of carboxylic acid groups (broad SMARTS) is 1. The minimum atomic E-state index is -3.96. The molecule has 25 heavy (non-hydrogen) atoms. The van der Waals surface area contributed by atoms with Gasteiger partial charge in [0.1, 0.15) is 5.03 Å². The number of aromatic nitrogens is 1. The lowest BCUT2D eigenvalue weighted by molar-refractivity contribution is -0.136. The lowest BCUT2D eigenvalue weighted by Gasteiger charge is -2.08. The molecule has 0 fully saturated rings. The van der Waals surface area contributed by atoms with Gasteiger partial charge in [-0.1, -0.05) is 29.3 Å². The maximum Gasteiger partial charge on any atom is 0.307 e. The summed E-state index contributed by atoms with van der Waals surface area (Å²) in [4.78, 5) is 11.1. The first kappa shape index (κ1) is 17.8. The lowest BCUT2D eigenvalue weighted by Crippen LogP contribution is -2.07. The van der Waals surface area contributed by atoms with Gasteiger partial charge < -0.3 is 9.51 Å². The van der Waals surface area contributed by atoms with Crippen LogP contribution in [0.3, 0.4) is 0 Å². The van der Waals surface area contributed by atoms with Crippen molar-refractivity contribution in [3.63, 3.8) is 0 Å². The monoisotopic (exact) mass is 397 g/mol. The molecular formula is C17H13Cl2NO4S. The Morgan fingerprint density at radius 1 is 1.16 bits per heavy atom. The number of carbonyl (C=O) groups is 1. The first-order valence-corrected chi connectivity index (χ1v) is 9.47. The number of fused-ring (bicyclic) bond motifs is 1. The zero-order valence-corrected chi connectivity index (χ0v) is 15.4. The van der Waals surface area contributed by atoms with E-state index in [4.69, 9.17) is 28.3 Å². The second kappa shape index (κ2) is 6.37. The molecule has 2 heterocycles. The third-order valence-corrected chi connectivity index (χ3v) is 6.19. The smallest absolute Gasteiger partial charge is 0.307 e. The fraction of sp³-hybridized carbons (Fsp3) is 0.118. The molecule has 0 aliphatic heterocycles. The summed E-state index contributed by atoms with van der Waals surface area (Å²) in [6.07, 6.45) is 1.32. The van der Waals surface area contributed by atoms with Crippen molar-refractivity contribution in [2.45, 2.75) is 23.3 Å². The van der Waals surface area contributed by atoms with Crippen LogP contribution in [0.4, 0.5) is 0 Å². The number of pyridine rings is 1. The number of hydrogen-bond donors (Lipinski definition) is 1. The van der Waals surface area contributed by atoms with Crippen molar-refractivity contribution in [2.24, 2.45) is 0 Å². The number of carboxylic acids is 1. The molecule has 0 amide bonds. The molecule has 0 aliphatic carbocycles. The van der Waals surface area contributed by atoms with Crippen LogP contribution in [0.25, 0.3) is 5.52 Å². The molecule has 1 aromatic carbocycles. The number of benzene rings is 1. The van der Waals surface area contributed by atoms with Gasteiger partial charge >= 0.3 is 5.97 Å². The molecular weight excluding hydrogens is 385 g/mol. The number of rotatable bonds is 4. The van der Waals surface area contributed by atoms with E-state index in [-0.39, 0.29) is 26.4 Å². The normalized spacial score (nSPS) is 11.8. The zero-order valence-electron chi connectivity index (χ0n) is 13.0. The van der Waals surface area contributed by atoms with Crippen LogP contribution in [-0.2, 0) is 21.1 Å². The molecule has 2 aromatic heterocycles. The van der Waals surface area contributed by atoms with Crippen LogP contribution >= 0.6 is 23.2 Å². The first-order chi connectivity index (χ1) is 11.7. The summed E-state index contributed by atoms with van der Waals surface area (Å²) in [5.41, 5.74) is 1.39. The van der Waals surface area contributed by atoms with Gasteiger partial charge in [0.15, 0.2) is 0 Å². The highest BCUT2D eigenvalue weighted by atomic mass is 35.5. The molecule has 0 saturated heterocycles. The maximum atomic E-state index is 13.2. The van der Waals surface area contributed by atoms with Crippen molar-refractivity contribution in [1.29, 1.82) is 0 Å². The number of hydrogen-bond acceptors (Lipinski definition) is 3. The molecule has 3 rings (SSSR count). The van der Waals surface area contributed by atoms with E-state index in [1.807, 2.05) is 0 Å². The van der Waals surface area contributed by atoms with Gasteiger partial charge in [-0.25, -0.2) is 8.42 Å². The molecule has 0 bridgehead atoms. The molecule has 1 N–H and O–H groups in total. The average molecular weight is 398 g/mol. The number of halogens is 2. The summed E-state index contributed by atoms with van der Waals surface area (Å²) in [5, 5.41) is 9.58. The number of sulfone groups is 1. The van der Waals surface area contributed by atoms with Crippen LogP contribution in [0.1, 0.15) is 11.1 Å². The third-order valence-electron chi connectivity index (χ3n) is 3.89. The summed E-state index contributed by atoms with van der Waals surface area (Å²) in [6.45, 7) is 1.60. The summed E-state index contributed by atoms with van der Waals surface area (Å²) >= 11 is 11.9. The molecule has 0 aliphatic rings. The summed E-state index contributed by atoms with van der Waals surface area (Å²) in [5.74, 6) is -1.03. The topological polar surface area (TPSA) is 75.8 Å². The summed E-state index contributed by atoms with van der Waals surface area (Å²) < 4.78 is 27.9. The van der Waals surface area contributed by atoms with Crippen molar-refractivity contribution < 1.29 is 18.3 Å². The highest BCUT2D eigenvalue weighted by Crippen LogP contribution is 2.33. The van der Waals surface area contributed by atoms with E-state index in [0.29, 0.717) is 16.6 Å². The fourth-order valence-electron chi connectivity index (χ4n) is 2.87. The average Bonchev–Trinajstić information content (AvgIpc) is 2.79. The van der Waals surface area contributed by atoms with E-state index in [2.05, 4.69) is 0 Å². The molecule has 0 spiro atoms. The Morgan fingerprint density at radius 3 is 2.40 bits per heavy atom. The minimum absolute atomic E-state index is 0.0117. The Hall–Kier alpha value is -2.02. The molecule has 8 heteroatoms. The molecule has 0 saturated carbocycles. The highest BCUT2D eigenvalue weighted by Gasteiger charge is 2.28. The number of aliphatic carboxylic acids is 1. The van der Waals surface area contributed by atoms with Crippen LogP contribution in [0.15, 0.2) is 52.5 Å². The van der Waals surface area contributed by atoms with Crippen molar-refractivity contribution in [3.05, 3.63) is 63.8 Å². The Labute approximate surface area is 154 Å². The van der Waals surface area contributed by atoms with Crippen molar-refractivity contribution in [2.75, 3.05) is 0 Å². The second-order valence-electron chi connectivity index (χ2n) is 5.54. The SMILES string of the molecule is Cc1c(CC(=O)O)c2ccccn2c1S(=O)(=O)c1cc(Cl)cc(Cl)c1. The maximum absolute atomic E-state index is 13.2. The largest absolute Gasteiger partial charge is 0.481 e. The van der Waals surface area contributed by atoms with Crippen LogP contribution in [0, 0.1) is 6.92 Å². The van der Waals surface area contributed by atoms with E-state index >= 15 is 0 Å². The van der Waals surface area contributed by atoms with Gasteiger partial charge in [-0.2, -0.15) is 0 Å². The van der Waals surface area contributed by atoms with E-state index in [0.717, 1.165) is 0 Å². The highest BCUT2D eigenvalue weighted by molar-refractivity contribution is 7.91. The van der Waals surface area contributed by atoms with Gasteiger partial charge in [0.25, 0.3) is 0 Å². The van der Waals surface area contributed by atoms with E-state index < -0.39 is 15.8 Å². The van der Waals surface area contributed by atoms with Crippen LogP contribution in [0.2, 0.25) is 10.0 Å². The van der Waals surface area contributed by atoms with Crippen molar-refractivity contribution in [1.82, 2.24) is 4.40 Å². The number of nitrogens with zero attached hydrogens (tertiary/aromatic N) is 1. The standard InChI is InChI=1S/C17H13Cl2NO4S/c1-10-14(9-16(21)22)15-4-2-3-5-20(15)17(10)25(23,24)13-7-11(18)6-12(19)8-13/h2-8H,9H2,1H3,(H,21,22). The molecule has 0 radical (unpaired) electrons. The Bertz CT molecular complexity index is 1080. The van der Waals surface area contributed by atoms with Crippen molar-refractivity contribution >= 4 is 44.5 Å². The predicted octanol–water partition coefficient (Wildman–Crippen LogP) is 4.01. The second-order valence-corrected chi connectivity index (χ2v) is 8.28. The Morgan fingerprint density at radius 2 is 1.80 bits per heavy atom. The van der Waals surface area contributed by atoms with Gasteiger partial charge in [-0.15, -0.1) is 0 Å². The third kappa shape index (κ3) is 3.13. The molecule has 3 aromatic rings. The van der Waals surface area contributed by atoms with E-state index in [1.165, 1.54) is 22.6 Å². The van der Waals surface area contributed by atoms with Crippen LogP contribution in [-0.4, -0.2) is 23.9 Å². The molecule has 0 atom stereocenters. The Kier molecular flexibility index (Phi) is 4.53. The van der Waals surface area contributed by atoms with Gasteiger partial charge in [0.05, 0.1) is 16.8 Å².